The normalized spacial score (nSPS) is 13.9. The van der Waals surface area contributed by atoms with Crippen molar-refractivity contribution in [2.45, 2.75) is 13.8 Å². The zero-order valence-electron chi connectivity index (χ0n) is 16.7. The molecule has 2 amide bonds. The predicted octanol–water partition coefficient (Wildman–Crippen LogP) is 5.63. The zero-order chi connectivity index (χ0) is 22.3. The Bertz CT molecular complexity index is 1250. The number of imide groups is 1. The molecule has 0 fully saturated rings. The third-order valence-corrected chi connectivity index (χ3v) is 5.27. The number of hydrogen-bond acceptors (Lipinski definition) is 3. The van der Waals surface area contributed by atoms with Crippen molar-refractivity contribution >= 4 is 40.4 Å². The van der Waals surface area contributed by atoms with Crippen molar-refractivity contribution in [3.05, 3.63) is 99.7 Å². The molecule has 3 aromatic carbocycles. The average molecular weight is 439 g/mol. The number of hydrogen-bond donors (Lipinski definition) is 1. The number of nitrogens with zero attached hydrogens (tertiary/aromatic N) is 1. The van der Waals surface area contributed by atoms with Crippen molar-refractivity contribution in [1.29, 1.82) is 0 Å². The molecule has 4 nitrogen and oxygen atoms in total. The van der Waals surface area contributed by atoms with E-state index in [-0.39, 0.29) is 17.0 Å². The standard InChI is InChI=1S/C24H17ClF2N2O2/c1-13-3-6-15(7-4-13)21-22(28-19-11-16(25)8-5-14(19)2)24(31)29(23(21)30)20-10-9-17(26)12-18(20)27/h3-12,28H,1-2H3. The van der Waals surface area contributed by atoms with Gasteiger partial charge in [0, 0.05) is 16.8 Å². The summed E-state index contributed by atoms with van der Waals surface area (Å²) in [6.07, 6.45) is 0. The van der Waals surface area contributed by atoms with E-state index in [1.165, 1.54) is 0 Å². The zero-order valence-corrected chi connectivity index (χ0v) is 17.4. The third-order valence-electron chi connectivity index (χ3n) is 5.03. The van der Waals surface area contributed by atoms with Crippen molar-refractivity contribution in [3.8, 4) is 0 Å². The number of carbonyl (C=O) groups excluding carboxylic acids is 2. The van der Waals surface area contributed by atoms with E-state index < -0.39 is 23.4 Å². The highest BCUT2D eigenvalue weighted by atomic mass is 35.5. The number of halogens is 3. The van der Waals surface area contributed by atoms with Crippen LogP contribution in [0.1, 0.15) is 16.7 Å². The first kappa shape index (κ1) is 20.8. The summed E-state index contributed by atoms with van der Waals surface area (Å²) in [5.74, 6) is -3.27. The number of aryl methyl sites for hydroxylation is 2. The van der Waals surface area contributed by atoms with Crippen molar-refractivity contribution in [3.63, 3.8) is 0 Å². The molecule has 1 N–H and O–H groups in total. The molecule has 0 bridgehead atoms. The van der Waals surface area contributed by atoms with Crippen LogP contribution in [0.5, 0.6) is 0 Å². The maximum atomic E-state index is 14.5. The number of nitrogens with one attached hydrogen (secondary N) is 1. The van der Waals surface area contributed by atoms with Crippen LogP contribution < -0.4 is 10.2 Å². The van der Waals surface area contributed by atoms with E-state index in [1.54, 1.807) is 30.3 Å². The van der Waals surface area contributed by atoms with Crippen LogP contribution in [0.3, 0.4) is 0 Å². The minimum atomic E-state index is -1.01. The van der Waals surface area contributed by atoms with Gasteiger partial charge in [0.1, 0.15) is 17.3 Å². The topological polar surface area (TPSA) is 49.4 Å². The maximum absolute atomic E-state index is 14.5. The van der Waals surface area contributed by atoms with Gasteiger partial charge in [0.2, 0.25) is 0 Å². The first-order chi connectivity index (χ1) is 14.8. The summed E-state index contributed by atoms with van der Waals surface area (Å²) in [6.45, 7) is 3.72. The Hall–Kier alpha value is -3.51. The number of amides is 2. The first-order valence-electron chi connectivity index (χ1n) is 9.44. The third kappa shape index (κ3) is 3.82. The van der Waals surface area contributed by atoms with Gasteiger partial charge in [-0.25, -0.2) is 13.7 Å². The number of anilines is 2. The maximum Gasteiger partial charge on any atom is 0.282 e. The lowest BCUT2D eigenvalue weighted by atomic mass is 10.0. The monoisotopic (exact) mass is 438 g/mol. The number of benzene rings is 3. The lowest BCUT2D eigenvalue weighted by Gasteiger charge is -2.16. The molecule has 1 aliphatic heterocycles. The highest BCUT2D eigenvalue weighted by Gasteiger charge is 2.41. The molecule has 156 valence electrons. The minimum Gasteiger partial charge on any atom is -0.350 e. The molecular weight excluding hydrogens is 422 g/mol. The van der Waals surface area contributed by atoms with Gasteiger partial charge < -0.3 is 5.32 Å². The average Bonchev–Trinajstić information content (AvgIpc) is 2.96. The van der Waals surface area contributed by atoms with Crippen LogP contribution in [0.25, 0.3) is 5.57 Å². The fourth-order valence-corrected chi connectivity index (χ4v) is 3.55. The Morgan fingerprint density at radius 1 is 0.871 bits per heavy atom. The fraction of sp³-hybridized carbons (Fsp3) is 0.0833. The van der Waals surface area contributed by atoms with Gasteiger partial charge in [0.15, 0.2) is 0 Å². The van der Waals surface area contributed by atoms with Crippen molar-refractivity contribution < 1.29 is 18.4 Å². The van der Waals surface area contributed by atoms with Gasteiger partial charge in [-0.05, 0) is 49.2 Å². The molecule has 4 rings (SSSR count). The molecule has 0 aliphatic carbocycles. The molecular formula is C24H17ClF2N2O2. The molecule has 0 saturated heterocycles. The Balaban J connectivity index is 1.87. The van der Waals surface area contributed by atoms with E-state index in [0.717, 1.165) is 23.3 Å². The molecule has 7 heteroatoms. The van der Waals surface area contributed by atoms with Gasteiger partial charge in [-0.2, -0.15) is 0 Å². The lowest BCUT2D eigenvalue weighted by molar-refractivity contribution is -0.120. The van der Waals surface area contributed by atoms with Crippen LogP contribution in [0.15, 0.2) is 66.4 Å². The van der Waals surface area contributed by atoms with Crippen LogP contribution in [0.4, 0.5) is 20.2 Å². The molecule has 0 saturated carbocycles. The Morgan fingerprint density at radius 3 is 2.26 bits per heavy atom. The van der Waals surface area contributed by atoms with Gasteiger partial charge >= 0.3 is 0 Å². The molecule has 0 atom stereocenters. The Labute approximate surface area is 182 Å². The van der Waals surface area contributed by atoms with E-state index in [2.05, 4.69) is 5.32 Å². The van der Waals surface area contributed by atoms with Crippen LogP contribution in [0, 0.1) is 25.5 Å². The quantitative estimate of drug-likeness (QED) is 0.537. The molecule has 0 aromatic heterocycles. The lowest BCUT2D eigenvalue weighted by Crippen LogP contribution is -2.33. The second kappa shape index (κ2) is 7.96. The van der Waals surface area contributed by atoms with Gasteiger partial charge in [-0.15, -0.1) is 0 Å². The molecule has 1 aliphatic rings. The molecule has 0 spiro atoms. The summed E-state index contributed by atoms with van der Waals surface area (Å²) in [7, 11) is 0. The predicted molar refractivity (Wildman–Crippen MR) is 117 cm³/mol. The van der Waals surface area contributed by atoms with E-state index in [1.807, 2.05) is 26.0 Å². The first-order valence-corrected chi connectivity index (χ1v) is 9.82. The van der Waals surface area contributed by atoms with E-state index >= 15 is 0 Å². The highest BCUT2D eigenvalue weighted by molar-refractivity contribution is 6.46. The number of rotatable bonds is 4. The largest absolute Gasteiger partial charge is 0.350 e. The summed E-state index contributed by atoms with van der Waals surface area (Å²) < 4.78 is 27.9. The number of carbonyl (C=O) groups is 2. The molecule has 1 heterocycles. The minimum absolute atomic E-state index is 0.0112. The summed E-state index contributed by atoms with van der Waals surface area (Å²) in [5.41, 5.74) is 2.57. The van der Waals surface area contributed by atoms with Crippen molar-refractivity contribution in [1.82, 2.24) is 0 Å². The van der Waals surface area contributed by atoms with Crippen molar-refractivity contribution in [2.75, 3.05) is 10.2 Å². The van der Waals surface area contributed by atoms with Crippen LogP contribution in [-0.2, 0) is 9.59 Å². The van der Waals surface area contributed by atoms with Crippen LogP contribution in [-0.4, -0.2) is 11.8 Å². The Kier molecular flexibility index (Phi) is 5.33. The summed E-state index contributed by atoms with van der Waals surface area (Å²) in [6, 6.07) is 14.9. The highest BCUT2D eigenvalue weighted by Crippen LogP contribution is 2.36. The van der Waals surface area contributed by atoms with Gasteiger partial charge in [0.25, 0.3) is 11.8 Å². The second-order valence-corrected chi connectivity index (χ2v) is 7.68. The Morgan fingerprint density at radius 2 is 1.58 bits per heavy atom. The van der Waals surface area contributed by atoms with Crippen LogP contribution >= 0.6 is 11.6 Å². The molecule has 3 aromatic rings. The molecule has 31 heavy (non-hydrogen) atoms. The van der Waals surface area contributed by atoms with E-state index in [0.29, 0.717) is 27.2 Å². The molecule has 0 unspecified atom stereocenters. The van der Waals surface area contributed by atoms with Gasteiger partial charge in [-0.1, -0.05) is 47.5 Å². The fourth-order valence-electron chi connectivity index (χ4n) is 3.38. The summed E-state index contributed by atoms with van der Waals surface area (Å²) in [5, 5.41) is 3.46. The van der Waals surface area contributed by atoms with Gasteiger partial charge in [-0.3, -0.25) is 9.59 Å². The smallest absolute Gasteiger partial charge is 0.282 e. The second-order valence-electron chi connectivity index (χ2n) is 7.24. The summed E-state index contributed by atoms with van der Waals surface area (Å²) >= 11 is 6.09. The van der Waals surface area contributed by atoms with Crippen molar-refractivity contribution in [2.24, 2.45) is 0 Å². The van der Waals surface area contributed by atoms with Gasteiger partial charge in [0.05, 0.1) is 11.3 Å². The van der Waals surface area contributed by atoms with E-state index in [9.17, 15) is 18.4 Å². The molecule has 0 radical (unpaired) electrons. The van der Waals surface area contributed by atoms with Crippen LogP contribution in [0.2, 0.25) is 5.02 Å². The summed E-state index contributed by atoms with van der Waals surface area (Å²) in [4.78, 5) is 27.3. The van der Waals surface area contributed by atoms with E-state index in [4.69, 9.17) is 11.6 Å². The SMILES string of the molecule is Cc1ccc(C2=C(Nc3cc(Cl)ccc3C)C(=O)N(c3ccc(F)cc3F)C2=O)cc1.